The van der Waals surface area contributed by atoms with Crippen LogP contribution in [0.1, 0.15) is 41.0 Å². The zero-order valence-corrected chi connectivity index (χ0v) is 17.4. The van der Waals surface area contributed by atoms with E-state index in [1.807, 2.05) is 0 Å². The van der Waals surface area contributed by atoms with E-state index < -0.39 is 48.2 Å². The molecule has 1 saturated heterocycles. The van der Waals surface area contributed by atoms with Gasteiger partial charge in [0, 0.05) is 24.5 Å². The number of hydrogen-bond donors (Lipinski definition) is 1. The van der Waals surface area contributed by atoms with Crippen LogP contribution in [0.25, 0.3) is 0 Å². The second kappa shape index (κ2) is 9.22. The van der Waals surface area contributed by atoms with Gasteiger partial charge >= 0.3 is 17.9 Å². The molecular formula is C22H28O7. The first kappa shape index (κ1) is 22.6. The molecule has 0 aromatic rings. The predicted molar refractivity (Wildman–Crippen MR) is 106 cm³/mol. The van der Waals surface area contributed by atoms with Crippen molar-refractivity contribution >= 4 is 17.9 Å². The Labute approximate surface area is 170 Å². The van der Waals surface area contributed by atoms with E-state index in [1.165, 1.54) is 6.92 Å². The van der Waals surface area contributed by atoms with Crippen molar-refractivity contribution in [3.63, 3.8) is 0 Å². The third-order valence-corrected chi connectivity index (χ3v) is 5.29. The minimum Gasteiger partial charge on any atom is -0.458 e. The Bertz CT molecular complexity index is 802. The Morgan fingerprint density at radius 2 is 1.90 bits per heavy atom. The molecule has 0 amide bonds. The molecule has 1 fully saturated rings. The summed E-state index contributed by atoms with van der Waals surface area (Å²) in [6.07, 6.45) is 1.71. The summed E-state index contributed by atoms with van der Waals surface area (Å²) >= 11 is 0. The van der Waals surface area contributed by atoms with Crippen molar-refractivity contribution in [1.29, 1.82) is 0 Å². The third kappa shape index (κ3) is 5.03. The second-order valence-corrected chi connectivity index (χ2v) is 7.40. The first-order chi connectivity index (χ1) is 13.6. The summed E-state index contributed by atoms with van der Waals surface area (Å²) in [6.45, 7) is 11.9. The smallest absolute Gasteiger partial charge is 0.334 e. The summed E-state index contributed by atoms with van der Waals surface area (Å²) in [5.74, 6) is -2.43. The Hall–Kier alpha value is -2.67. The molecule has 5 atom stereocenters. The predicted octanol–water partition coefficient (Wildman–Crippen LogP) is 2.55. The van der Waals surface area contributed by atoms with Crippen LogP contribution in [-0.2, 0) is 28.6 Å². The number of ether oxygens (including phenoxy) is 3. The summed E-state index contributed by atoms with van der Waals surface area (Å²) < 4.78 is 16.4. The summed E-state index contributed by atoms with van der Waals surface area (Å²) in [4.78, 5) is 36.1. The van der Waals surface area contributed by atoms with Crippen molar-refractivity contribution in [3.8, 4) is 0 Å². The number of esters is 3. The largest absolute Gasteiger partial charge is 0.458 e. The maximum absolute atomic E-state index is 12.4. The SMILES string of the molecule is C=C1C(=O)OC2/C=C(\C)C(OC(C)=O)C/C=C(/C)C(O)C(OC(=O)/C(C)=C\C)C12. The van der Waals surface area contributed by atoms with Crippen LogP contribution in [0.2, 0.25) is 0 Å². The van der Waals surface area contributed by atoms with Crippen LogP contribution in [0.5, 0.6) is 0 Å². The van der Waals surface area contributed by atoms with Crippen LogP contribution in [0, 0.1) is 5.92 Å². The lowest BCUT2D eigenvalue weighted by Crippen LogP contribution is -2.43. The number of carbonyl (C=O) groups excluding carboxylic acids is 3. The molecule has 0 bridgehead atoms. The molecular weight excluding hydrogens is 376 g/mol. The minimum absolute atomic E-state index is 0.117. The Morgan fingerprint density at radius 1 is 1.24 bits per heavy atom. The topological polar surface area (TPSA) is 99.1 Å². The Balaban J connectivity index is 2.52. The molecule has 7 nitrogen and oxygen atoms in total. The summed E-state index contributed by atoms with van der Waals surface area (Å²) in [5, 5.41) is 10.9. The van der Waals surface area contributed by atoms with Crippen molar-refractivity contribution in [2.24, 2.45) is 5.92 Å². The van der Waals surface area contributed by atoms with Gasteiger partial charge in [-0.3, -0.25) is 4.79 Å². The fraction of sp³-hybridized carbons (Fsp3) is 0.500. The maximum Gasteiger partial charge on any atom is 0.334 e. The lowest BCUT2D eigenvalue weighted by atomic mass is 9.83. The number of fused-ring (bicyclic) bond motifs is 1. The molecule has 2 rings (SSSR count). The van der Waals surface area contributed by atoms with Gasteiger partial charge in [0.25, 0.3) is 0 Å². The average molecular weight is 404 g/mol. The van der Waals surface area contributed by atoms with Crippen molar-refractivity contribution in [1.82, 2.24) is 0 Å². The van der Waals surface area contributed by atoms with Crippen LogP contribution < -0.4 is 0 Å². The Morgan fingerprint density at radius 3 is 2.48 bits per heavy atom. The van der Waals surface area contributed by atoms with Crippen LogP contribution in [0.15, 0.2) is 47.1 Å². The molecule has 0 radical (unpaired) electrons. The molecule has 1 N–H and O–H groups in total. The van der Waals surface area contributed by atoms with Crippen molar-refractivity contribution < 1.29 is 33.7 Å². The van der Waals surface area contributed by atoms with Gasteiger partial charge in [0.1, 0.15) is 24.4 Å². The second-order valence-electron chi connectivity index (χ2n) is 7.40. The number of hydrogen-bond acceptors (Lipinski definition) is 7. The molecule has 1 aliphatic heterocycles. The highest BCUT2D eigenvalue weighted by atomic mass is 16.6. The maximum atomic E-state index is 12.4. The highest BCUT2D eigenvalue weighted by molar-refractivity contribution is 5.92. The van der Waals surface area contributed by atoms with E-state index in [4.69, 9.17) is 14.2 Å². The molecule has 1 aliphatic carbocycles. The van der Waals surface area contributed by atoms with Gasteiger partial charge in [0.2, 0.25) is 0 Å². The van der Waals surface area contributed by atoms with Crippen LogP contribution >= 0.6 is 0 Å². The molecule has 0 saturated carbocycles. The summed E-state index contributed by atoms with van der Waals surface area (Å²) in [7, 11) is 0. The number of aliphatic hydroxyl groups is 1. The Kier molecular flexibility index (Phi) is 7.19. The van der Waals surface area contributed by atoms with Gasteiger partial charge in [-0.15, -0.1) is 0 Å². The minimum atomic E-state index is -1.19. The first-order valence-corrected chi connectivity index (χ1v) is 9.50. The number of allylic oxidation sites excluding steroid dienone is 1. The van der Waals surface area contributed by atoms with Gasteiger partial charge in [-0.2, -0.15) is 0 Å². The molecule has 2 aliphatic rings. The standard InChI is InChI=1S/C22H28O7/c1-7-11(2)21(25)29-20-18-14(5)22(26)28-17(18)10-13(4)16(27-15(6)23)9-8-12(3)19(20)24/h7-8,10,16-20,24H,5,9H2,1-4,6H3/b11-7-,12-8-,13-10+. The van der Waals surface area contributed by atoms with Crippen molar-refractivity contribution in [3.05, 3.63) is 47.1 Å². The molecule has 0 aromatic heterocycles. The van der Waals surface area contributed by atoms with Gasteiger partial charge in [0.05, 0.1) is 5.92 Å². The van der Waals surface area contributed by atoms with Gasteiger partial charge < -0.3 is 19.3 Å². The number of rotatable bonds is 3. The molecule has 29 heavy (non-hydrogen) atoms. The van der Waals surface area contributed by atoms with Crippen LogP contribution in [0.4, 0.5) is 0 Å². The van der Waals surface area contributed by atoms with E-state index >= 15 is 0 Å². The highest BCUT2D eigenvalue weighted by Gasteiger charge is 2.47. The monoisotopic (exact) mass is 404 g/mol. The van der Waals surface area contributed by atoms with Crippen molar-refractivity contribution in [2.75, 3.05) is 0 Å². The third-order valence-electron chi connectivity index (χ3n) is 5.29. The van der Waals surface area contributed by atoms with Crippen LogP contribution in [0.3, 0.4) is 0 Å². The molecule has 158 valence electrons. The first-order valence-electron chi connectivity index (χ1n) is 9.50. The lowest BCUT2D eigenvalue weighted by Gasteiger charge is -2.32. The van der Waals surface area contributed by atoms with Gasteiger partial charge in [-0.1, -0.05) is 18.7 Å². The van der Waals surface area contributed by atoms with Gasteiger partial charge in [-0.25, -0.2) is 9.59 Å². The summed E-state index contributed by atoms with van der Waals surface area (Å²) in [6, 6.07) is 0. The fourth-order valence-electron chi connectivity index (χ4n) is 3.36. The molecule has 1 heterocycles. The van der Waals surface area contributed by atoms with Crippen molar-refractivity contribution in [2.45, 2.75) is 65.5 Å². The normalized spacial score (nSPS) is 34.1. The van der Waals surface area contributed by atoms with E-state index in [2.05, 4.69) is 6.58 Å². The molecule has 7 heteroatoms. The van der Waals surface area contributed by atoms with Crippen LogP contribution in [-0.4, -0.2) is 47.4 Å². The zero-order chi connectivity index (χ0) is 21.9. The molecule has 0 aromatic carbocycles. The quantitative estimate of drug-likeness (QED) is 0.334. The van der Waals surface area contributed by atoms with E-state index in [1.54, 1.807) is 45.9 Å². The van der Waals surface area contributed by atoms with E-state index in [-0.39, 0.29) is 5.57 Å². The molecule has 0 spiro atoms. The zero-order valence-electron chi connectivity index (χ0n) is 17.4. The van der Waals surface area contributed by atoms with Gasteiger partial charge in [0.15, 0.2) is 0 Å². The number of carbonyl (C=O) groups is 3. The highest BCUT2D eigenvalue weighted by Crippen LogP contribution is 2.37. The van der Waals surface area contributed by atoms with Gasteiger partial charge in [-0.05, 0) is 44.9 Å². The number of aliphatic hydroxyl groups excluding tert-OH is 1. The van der Waals surface area contributed by atoms with E-state index in [0.717, 1.165) is 0 Å². The summed E-state index contributed by atoms with van der Waals surface area (Å²) in [5.41, 5.74) is 1.71. The molecule has 5 unspecified atom stereocenters. The fourth-order valence-corrected chi connectivity index (χ4v) is 3.36. The lowest BCUT2D eigenvalue weighted by molar-refractivity contribution is -0.153. The van der Waals surface area contributed by atoms with E-state index in [0.29, 0.717) is 23.1 Å². The average Bonchev–Trinajstić information content (AvgIpc) is 2.93. The van der Waals surface area contributed by atoms with E-state index in [9.17, 15) is 19.5 Å².